The van der Waals surface area contributed by atoms with Crippen LogP contribution in [0.1, 0.15) is 25.2 Å². The molecule has 0 saturated carbocycles. The highest BCUT2D eigenvalue weighted by atomic mass is 16.5. The Kier molecular flexibility index (Phi) is 3.71. The van der Waals surface area contributed by atoms with Gasteiger partial charge in [-0.05, 0) is 31.5 Å². The maximum Gasteiger partial charge on any atom is 0.238 e. The number of furan rings is 1. The van der Waals surface area contributed by atoms with Gasteiger partial charge in [-0.15, -0.1) is 0 Å². The zero-order valence-electron chi connectivity index (χ0n) is 9.06. The fourth-order valence-electron chi connectivity index (χ4n) is 1.46. The monoisotopic (exact) mass is 221 g/mol. The van der Waals surface area contributed by atoms with Gasteiger partial charge in [-0.3, -0.25) is 0 Å². The molecule has 86 valence electrons. The maximum absolute atomic E-state index is 5.41. The van der Waals surface area contributed by atoms with Crippen molar-refractivity contribution in [2.75, 3.05) is 6.54 Å². The molecule has 2 heterocycles. The first kappa shape index (κ1) is 10.9. The Morgan fingerprint density at radius 1 is 1.25 bits per heavy atom. The summed E-state index contributed by atoms with van der Waals surface area (Å²) in [7, 11) is 0. The Morgan fingerprint density at radius 2 is 2.19 bits per heavy atom. The lowest BCUT2D eigenvalue weighted by Crippen LogP contribution is -1.98. The van der Waals surface area contributed by atoms with Gasteiger partial charge in [-0.1, -0.05) is 11.6 Å². The smallest absolute Gasteiger partial charge is 0.238 e. The molecule has 0 spiro atoms. The van der Waals surface area contributed by atoms with E-state index in [4.69, 9.17) is 14.7 Å². The summed E-state index contributed by atoms with van der Waals surface area (Å²) < 4.78 is 10.3. The third-order valence-electron chi connectivity index (χ3n) is 2.30. The molecule has 0 aliphatic carbocycles. The van der Waals surface area contributed by atoms with Gasteiger partial charge < -0.3 is 14.7 Å². The Bertz CT molecular complexity index is 409. The predicted octanol–water partition coefficient (Wildman–Crippen LogP) is 2.00. The molecule has 0 aliphatic heterocycles. The van der Waals surface area contributed by atoms with Crippen molar-refractivity contribution in [1.82, 2.24) is 10.1 Å². The van der Waals surface area contributed by atoms with Crippen LogP contribution in [0, 0.1) is 0 Å². The molecule has 0 bridgehead atoms. The normalized spacial score (nSPS) is 10.8. The molecule has 5 nitrogen and oxygen atoms in total. The predicted molar refractivity (Wildman–Crippen MR) is 58.6 cm³/mol. The number of aromatic nitrogens is 2. The van der Waals surface area contributed by atoms with Crippen LogP contribution in [-0.4, -0.2) is 16.7 Å². The van der Waals surface area contributed by atoms with Crippen molar-refractivity contribution >= 4 is 0 Å². The first-order valence-electron chi connectivity index (χ1n) is 5.46. The van der Waals surface area contributed by atoms with Gasteiger partial charge in [0.1, 0.15) is 0 Å². The average Bonchev–Trinajstić information content (AvgIpc) is 2.94. The Morgan fingerprint density at radius 3 is 2.94 bits per heavy atom. The summed E-state index contributed by atoms with van der Waals surface area (Å²) in [5.74, 6) is 1.80. The summed E-state index contributed by atoms with van der Waals surface area (Å²) >= 11 is 0. The van der Waals surface area contributed by atoms with Crippen LogP contribution in [-0.2, 0) is 6.42 Å². The number of nitrogens with two attached hydrogens (primary N) is 1. The van der Waals surface area contributed by atoms with E-state index in [1.807, 2.05) is 6.07 Å². The highest BCUT2D eigenvalue weighted by Gasteiger charge is 2.09. The zero-order chi connectivity index (χ0) is 11.2. The molecule has 2 aromatic rings. The second-order valence-electron chi connectivity index (χ2n) is 3.59. The molecule has 0 aromatic carbocycles. The Balaban J connectivity index is 1.88. The third-order valence-corrected chi connectivity index (χ3v) is 2.30. The van der Waals surface area contributed by atoms with E-state index < -0.39 is 0 Å². The molecular weight excluding hydrogens is 206 g/mol. The second-order valence-corrected chi connectivity index (χ2v) is 3.59. The number of nitrogens with zero attached hydrogens (tertiary/aromatic N) is 2. The first-order valence-corrected chi connectivity index (χ1v) is 5.46. The minimum atomic E-state index is 0.513. The Hall–Kier alpha value is -1.62. The fraction of sp³-hybridized carbons (Fsp3) is 0.455. The molecule has 16 heavy (non-hydrogen) atoms. The summed E-state index contributed by atoms with van der Waals surface area (Å²) in [6.45, 7) is 0.738. The maximum atomic E-state index is 5.41. The molecule has 0 radical (unpaired) electrons. The van der Waals surface area contributed by atoms with Crippen LogP contribution in [0.25, 0.3) is 11.6 Å². The van der Waals surface area contributed by atoms with Gasteiger partial charge in [-0.25, -0.2) is 0 Å². The van der Waals surface area contributed by atoms with Crippen LogP contribution in [0.4, 0.5) is 0 Å². The topological polar surface area (TPSA) is 78.1 Å². The molecule has 0 fully saturated rings. The molecular formula is C11H15N3O2. The van der Waals surface area contributed by atoms with E-state index in [-0.39, 0.29) is 0 Å². The number of unbranched alkanes of at least 4 members (excludes halogenated alkanes) is 2. The van der Waals surface area contributed by atoms with Crippen molar-refractivity contribution in [3.05, 3.63) is 24.3 Å². The van der Waals surface area contributed by atoms with E-state index in [1.54, 1.807) is 12.3 Å². The zero-order valence-corrected chi connectivity index (χ0v) is 9.06. The molecule has 0 saturated heterocycles. The summed E-state index contributed by atoms with van der Waals surface area (Å²) in [5.41, 5.74) is 5.41. The number of rotatable bonds is 6. The SMILES string of the molecule is NCCCCCc1nc(-c2ccco2)no1. The quantitative estimate of drug-likeness (QED) is 0.755. The van der Waals surface area contributed by atoms with Crippen molar-refractivity contribution in [1.29, 1.82) is 0 Å². The molecule has 2 N–H and O–H groups in total. The van der Waals surface area contributed by atoms with Crippen LogP contribution in [0.2, 0.25) is 0 Å². The van der Waals surface area contributed by atoms with E-state index in [1.165, 1.54) is 0 Å². The van der Waals surface area contributed by atoms with Crippen LogP contribution >= 0.6 is 0 Å². The molecule has 0 atom stereocenters. The summed E-state index contributed by atoms with van der Waals surface area (Å²) in [6, 6.07) is 3.61. The number of aryl methyl sites for hydroxylation is 1. The summed E-state index contributed by atoms with van der Waals surface area (Å²) in [5, 5.41) is 3.85. The molecule has 2 rings (SSSR count). The summed E-state index contributed by atoms with van der Waals surface area (Å²) in [6.07, 6.45) is 5.55. The van der Waals surface area contributed by atoms with Crippen molar-refractivity contribution in [2.24, 2.45) is 5.73 Å². The van der Waals surface area contributed by atoms with Gasteiger partial charge in [0.2, 0.25) is 11.7 Å². The van der Waals surface area contributed by atoms with Crippen molar-refractivity contribution in [3.8, 4) is 11.6 Å². The van der Waals surface area contributed by atoms with Crippen molar-refractivity contribution in [2.45, 2.75) is 25.7 Å². The molecule has 0 aliphatic rings. The van der Waals surface area contributed by atoms with E-state index in [0.717, 1.165) is 32.2 Å². The van der Waals surface area contributed by atoms with Gasteiger partial charge in [0, 0.05) is 6.42 Å². The fourth-order valence-corrected chi connectivity index (χ4v) is 1.46. The molecule has 0 amide bonds. The van der Waals surface area contributed by atoms with Gasteiger partial charge in [0.15, 0.2) is 5.76 Å². The van der Waals surface area contributed by atoms with Crippen LogP contribution in [0.3, 0.4) is 0 Å². The van der Waals surface area contributed by atoms with E-state index in [0.29, 0.717) is 17.5 Å². The van der Waals surface area contributed by atoms with Crippen molar-refractivity contribution in [3.63, 3.8) is 0 Å². The lowest BCUT2D eigenvalue weighted by atomic mass is 10.2. The minimum Gasteiger partial charge on any atom is -0.461 e. The minimum absolute atomic E-state index is 0.513. The Labute approximate surface area is 93.6 Å². The standard InChI is InChI=1S/C11H15N3O2/c12-7-3-1-2-6-10-13-11(14-16-10)9-5-4-8-15-9/h4-5,8H,1-3,6-7,12H2. The van der Waals surface area contributed by atoms with Gasteiger partial charge in [-0.2, -0.15) is 4.98 Å². The van der Waals surface area contributed by atoms with Gasteiger partial charge >= 0.3 is 0 Å². The third kappa shape index (κ3) is 2.70. The van der Waals surface area contributed by atoms with Gasteiger partial charge in [0.05, 0.1) is 6.26 Å². The van der Waals surface area contributed by atoms with Crippen LogP contribution in [0.5, 0.6) is 0 Å². The van der Waals surface area contributed by atoms with E-state index in [2.05, 4.69) is 10.1 Å². The molecule has 0 unspecified atom stereocenters. The second kappa shape index (κ2) is 5.46. The molecule has 5 heteroatoms. The van der Waals surface area contributed by atoms with E-state index >= 15 is 0 Å². The highest BCUT2D eigenvalue weighted by Crippen LogP contribution is 2.16. The highest BCUT2D eigenvalue weighted by molar-refractivity contribution is 5.44. The first-order chi connectivity index (χ1) is 7.90. The lowest BCUT2D eigenvalue weighted by Gasteiger charge is -1.93. The van der Waals surface area contributed by atoms with Crippen LogP contribution in [0.15, 0.2) is 27.3 Å². The van der Waals surface area contributed by atoms with Crippen LogP contribution < -0.4 is 5.73 Å². The van der Waals surface area contributed by atoms with E-state index in [9.17, 15) is 0 Å². The lowest BCUT2D eigenvalue weighted by molar-refractivity contribution is 0.373. The number of hydrogen-bond donors (Lipinski definition) is 1. The number of hydrogen-bond acceptors (Lipinski definition) is 5. The average molecular weight is 221 g/mol. The largest absolute Gasteiger partial charge is 0.461 e. The summed E-state index contributed by atoms with van der Waals surface area (Å²) in [4.78, 5) is 4.25. The van der Waals surface area contributed by atoms with Crippen molar-refractivity contribution < 1.29 is 8.94 Å². The van der Waals surface area contributed by atoms with Gasteiger partial charge in [0.25, 0.3) is 0 Å². The molecule has 2 aromatic heterocycles.